The van der Waals surface area contributed by atoms with Crippen molar-refractivity contribution in [3.8, 4) is 0 Å². The molecule has 0 aromatic heterocycles. The van der Waals surface area contributed by atoms with Gasteiger partial charge in [-0.25, -0.2) is 0 Å². The third-order valence-corrected chi connectivity index (χ3v) is 3.70. The van der Waals surface area contributed by atoms with E-state index in [1.165, 1.54) is 0 Å². The number of amides is 2. The van der Waals surface area contributed by atoms with E-state index in [-0.39, 0.29) is 30.8 Å². The summed E-state index contributed by atoms with van der Waals surface area (Å²) >= 11 is 0. The van der Waals surface area contributed by atoms with Crippen molar-refractivity contribution >= 4 is 23.5 Å². The molecule has 22 heavy (non-hydrogen) atoms. The standard InChI is InChI=1S/C16H20N2O4/c1-10(2)18(8-7-15(20)21)16(22)12-3-5-13-11(9-12)4-6-14(19)17-13/h3,5,9-10H,4,6-8H2,1-2H3,(H,17,19)(H,20,21). The van der Waals surface area contributed by atoms with Crippen molar-refractivity contribution < 1.29 is 19.5 Å². The topological polar surface area (TPSA) is 86.7 Å². The maximum Gasteiger partial charge on any atom is 0.305 e. The first-order valence-corrected chi connectivity index (χ1v) is 7.34. The molecule has 1 aromatic rings. The summed E-state index contributed by atoms with van der Waals surface area (Å²) < 4.78 is 0. The Labute approximate surface area is 129 Å². The summed E-state index contributed by atoms with van der Waals surface area (Å²) in [7, 11) is 0. The van der Waals surface area contributed by atoms with Crippen molar-refractivity contribution in [2.24, 2.45) is 0 Å². The van der Waals surface area contributed by atoms with Crippen molar-refractivity contribution in [1.82, 2.24) is 4.90 Å². The molecule has 0 saturated heterocycles. The number of nitrogens with zero attached hydrogens (tertiary/aromatic N) is 1. The third kappa shape index (κ3) is 3.63. The normalized spacial score (nSPS) is 13.5. The lowest BCUT2D eigenvalue weighted by Crippen LogP contribution is -2.38. The van der Waals surface area contributed by atoms with Gasteiger partial charge in [-0.3, -0.25) is 14.4 Å². The minimum absolute atomic E-state index is 0.0168. The minimum atomic E-state index is -0.924. The van der Waals surface area contributed by atoms with Crippen LogP contribution in [0.3, 0.4) is 0 Å². The molecule has 2 N–H and O–H groups in total. The SMILES string of the molecule is CC(C)N(CCC(=O)O)C(=O)c1ccc2c(c1)CCC(=O)N2. The number of benzene rings is 1. The summed E-state index contributed by atoms with van der Waals surface area (Å²) in [5.41, 5.74) is 2.20. The Bertz CT molecular complexity index is 610. The van der Waals surface area contributed by atoms with Crippen molar-refractivity contribution in [1.29, 1.82) is 0 Å². The smallest absolute Gasteiger partial charge is 0.305 e. The predicted octanol–water partition coefficient (Wildman–Crippen LogP) is 1.90. The molecule has 6 heteroatoms. The molecule has 2 rings (SSSR count). The maximum absolute atomic E-state index is 12.6. The molecule has 0 bridgehead atoms. The van der Waals surface area contributed by atoms with Gasteiger partial charge in [-0.15, -0.1) is 0 Å². The van der Waals surface area contributed by atoms with E-state index in [0.717, 1.165) is 11.3 Å². The molecule has 2 amide bonds. The molecule has 0 fully saturated rings. The number of rotatable bonds is 5. The molecule has 0 spiro atoms. The van der Waals surface area contributed by atoms with Crippen LogP contribution >= 0.6 is 0 Å². The first-order chi connectivity index (χ1) is 10.4. The highest BCUT2D eigenvalue weighted by molar-refractivity contribution is 5.98. The molecule has 1 heterocycles. The zero-order valence-corrected chi connectivity index (χ0v) is 12.8. The van der Waals surface area contributed by atoms with Gasteiger partial charge in [0.05, 0.1) is 6.42 Å². The van der Waals surface area contributed by atoms with Crippen LogP contribution in [0, 0.1) is 0 Å². The zero-order chi connectivity index (χ0) is 16.3. The number of nitrogens with one attached hydrogen (secondary N) is 1. The number of aryl methyl sites for hydroxylation is 1. The van der Waals surface area contributed by atoms with Gasteiger partial charge >= 0.3 is 5.97 Å². The van der Waals surface area contributed by atoms with Crippen LogP contribution in [0.5, 0.6) is 0 Å². The number of hydrogen-bond donors (Lipinski definition) is 2. The first-order valence-electron chi connectivity index (χ1n) is 7.34. The van der Waals surface area contributed by atoms with Crippen LogP contribution in [0.15, 0.2) is 18.2 Å². The lowest BCUT2D eigenvalue weighted by Gasteiger charge is -2.27. The van der Waals surface area contributed by atoms with Crippen molar-refractivity contribution in [3.63, 3.8) is 0 Å². The van der Waals surface area contributed by atoms with Gasteiger partial charge in [0.25, 0.3) is 5.91 Å². The molecule has 0 atom stereocenters. The molecule has 1 aliphatic rings. The van der Waals surface area contributed by atoms with Gasteiger partial charge < -0.3 is 15.3 Å². The molecule has 0 saturated carbocycles. The van der Waals surface area contributed by atoms with E-state index >= 15 is 0 Å². The number of anilines is 1. The van der Waals surface area contributed by atoms with E-state index < -0.39 is 5.97 Å². The number of hydrogen-bond acceptors (Lipinski definition) is 3. The lowest BCUT2D eigenvalue weighted by molar-refractivity contribution is -0.137. The number of aliphatic carboxylic acids is 1. The number of carbonyl (C=O) groups is 3. The average molecular weight is 304 g/mol. The Kier molecular flexibility index (Phi) is 4.80. The maximum atomic E-state index is 12.6. The Morgan fingerprint density at radius 3 is 2.68 bits per heavy atom. The summed E-state index contributed by atoms with van der Waals surface area (Å²) in [5.74, 6) is -1.13. The van der Waals surface area contributed by atoms with Gasteiger partial charge in [-0.05, 0) is 44.0 Å². The Morgan fingerprint density at radius 1 is 1.32 bits per heavy atom. The first kappa shape index (κ1) is 16.0. The molecule has 6 nitrogen and oxygen atoms in total. The number of fused-ring (bicyclic) bond motifs is 1. The fourth-order valence-corrected chi connectivity index (χ4v) is 2.49. The molecule has 1 aromatic carbocycles. The third-order valence-electron chi connectivity index (χ3n) is 3.70. The molecule has 0 aliphatic carbocycles. The van der Waals surface area contributed by atoms with Gasteiger partial charge in [-0.2, -0.15) is 0 Å². The zero-order valence-electron chi connectivity index (χ0n) is 12.8. The summed E-state index contributed by atoms with van der Waals surface area (Å²) in [4.78, 5) is 36.2. The van der Waals surface area contributed by atoms with Crippen LogP contribution in [0.25, 0.3) is 0 Å². The fourth-order valence-electron chi connectivity index (χ4n) is 2.49. The Morgan fingerprint density at radius 2 is 2.05 bits per heavy atom. The molecule has 118 valence electrons. The summed E-state index contributed by atoms with van der Waals surface area (Å²) in [6.45, 7) is 3.90. The van der Waals surface area contributed by atoms with Crippen LogP contribution < -0.4 is 5.32 Å². The number of carboxylic acid groups (broad SMARTS) is 1. The fraction of sp³-hybridized carbons (Fsp3) is 0.438. The van der Waals surface area contributed by atoms with Crippen LogP contribution in [0.1, 0.15) is 42.6 Å². The largest absolute Gasteiger partial charge is 0.481 e. The summed E-state index contributed by atoms with van der Waals surface area (Å²) in [6.07, 6.45) is 0.946. The Balaban J connectivity index is 2.20. The molecule has 1 aliphatic heterocycles. The summed E-state index contributed by atoms with van der Waals surface area (Å²) in [5, 5.41) is 11.6. The highest BCUT2D eigenvalue weighted by Crippen LogP contribution is 2.24. The highest BCUT2D eigenvalue weighted by Gasteiger charge is 2.22. The molecule has 0 unspecified atom stereocenters. The van der Waals surface area contributed by atoms with Gasteiger partial charge in [0.2, 0.25) is 5.91 Å². The van der Waals surface area contributed by atoms with Crippen molar-refractivity contribution in [2.45, 2.75) is 39.2 Å². The quantitative estimate of drug-likeness (QED) is 0.869. The van der Waals surface area contributed by atoms with E-state index in [9.17, 15) is 14.4 Å². The van der Waals surface area contributed by atoms with Crippen LogP contribution in [0.2, 0.25) is 0 Å². The monoisotopic (exact) mass is 304 g/mol. The minimum Gasteiger partial charge on any atom is -0.481 e. The number of carboxylic acids is 1. The second kappa shape index (κ2) is 6.60. The molecular formula is C16H20N2O4. The van der Waals surface area contributed by atoms with Gasteiger partial charge in [-0.1, -0.05) is 0 Å². The van der Waals surface area contributed by atoms with E-state index in [1.807, 2.05) is 13.8 Å². The van der Waals surface area contributed by atoms with Crippen molar-refractivity contribution in [3.05, 3.63) is 29.3 Å². The van der Waals surface area contributed by atoms with E-state index in [2.05, 4.69) is 5.32 Å². The van der Waals surface area contributed by atoms with Crippen LogP contribution in [-0.2, 0) is 16.0 Å². The van der Waals surface area contributed by atoms with E-state index in [1.54, 1.807) is 23.1 Å². The van der Waals surface area contributed by atoms with Gasteiger partial charge in [0, 0.05) is 30.3 Å². The van der Waals surface area contributed by atoms with E-state index in [0.29, 0.717) is 18.4 Å². The van der Waals surface area contributed by atoms with E-state index in [4.69, 9.17) is 5.11 Å². The van der Waals surface area contributed by atoms with Crippen LogP contribution in [0.4, 0.5) is 5.69 Å². The van der Waals surface area contributed by atoms with Crippen LogP contribution in [-0.4, -0.2) is 40.4 Å². The second-order valence-corrected chi connectivity index (χ2v) is 5.66. The predicted molar refractivity (Wildman–Crippen MR) is 81.8 cm³/mol. The lowest BCUT2D eigenvalue weighted by atomic mass is 9.99. The highest BCUT2D eigenvalue weighted by atomic mass is 16.4. The van der Waals surface area contributed by atoms with Gasteiger partial charge in [0.15, 0.2) is 0 Å². The molecule has 0 radical (unpaired) electrons. The number of carbonyl (C=O) groups excluding carboxylic acids is 2. The summed E-state index contributed by atoms with van der Waals surface area (Å²) in [6, 6.07) is 5.11. The average Bonchev–Trinajstić information content (AvgIpc) is 2.46. The van der Waals surface area contributed by atoms with Crippen molar-refractivity contribution in [2.75, 3.05) is 11.9 Å². The Hall–Kier alpha value is -2.37. The molecular weight excluding hydrogens is 284 g/mol. The second-order valence-electron chi connectivity index (χ2n) is 5.66. The van der Waals surface area contributed by atoms with Gasteiger partial charge in [0.1, 0.15) is 0 Å².